The van der Waals surface area contributed by atoms with E-state index in [1.54, 1.807) is 4.90 Å². The molecule has 0 aromatic rings. The molecule has 0 N–H and O–H groups in total. The lowest BCUT2D eigenvalue weighted by Crippen LogP contribution is -2.64. The number of ketones is 1. The van der Waals surface area contributed by atoms with Gasteiger partial charge in [0.15, 0.2) is 0 Å². The van der Waals surface area contributed by atoms with Gasteiger partial charge in [-0.15, -0.1) is 0 Å². The molecule has 1 aliphatic heterocycles. The standard InChI is InChI=1S/C15H23N3O3/c1-11(19)12(17-16)13(20)18-9-14(2,3)10-21-15(18)7-5-4-6-8-15/h4-10H2,1-3H3. The first-order chi connectivity index (χ1) is 9.81. The molecule has 1 saturated carbocycles. The van der Waals surface area contributed by atoms with E-state index in [4.69, 9.17) is 10.3 Å². The van der Waals surface area contributed by atoms with Gasteiger partial charge < -0.3 is 15.2 Å². The second-order valence-electron chi connectivity index (χ2n) is 6.86. The van der Waals surface area contributed by atoms with Gasteiger partial charge >= 0.3 is 11.6 Å². The van der Waals surface area contributed by atoms with Gasteiger partial charge in [0.2, 0.25) is 5.78 Å². The molecule has 0 aromatic heterocycles. The van der Waals surface area contributed by atoms with Crippen molar-refractivity contribution >= 4 is 17.4 Å². The molecule has 0 radical (unpaired) electrons. The number of Topliss-reactive ketones (excluding diaryl/α,β-unsaturated/α-hetero) is 1. The Morgan fingerprint density at radius 2 is 1.81 bits per heavy atom. The van der Waals surface area contributed by atoms with E-state index in [0.29, 0.717) is 13.2 Å². The number of rotatable bonds is 2. The average Bonchev–Trinajstić information content (AvgIpc) is 2.43. The zero-order chi connectivity index (χ0) is 15.7. The minimum absolute atomic E-state index is 0.185. The summed E-state index contributed by atoms with van der Waals surface area (Å²) in [6.45, 7) is 6.36. The molecule has 6 heteroatoms. The number of ether oxygens (including phenoxy) is 1. The van der Waals surface area contributed by atoms with Crippen molar-refractivity contribution in [2.45, 2.75) is 58.6 Å². The lowest BCUT2D eigenvalue weighted by molar-refractivity contribution is -0.230. The van der Waals surface area contributed by atoms with Gasteiger partial charge in [-0.05, 0) is 25.7 Å². The first-order valence-electron chi connectivity index (χ1n) is 7.50. The van der Waals surface area contributed by atoms with Crippen molar-refractivity contribution in [3.8, 4) is 0 Å². The molecule has 0 bridgehead atoms. The van der Waals surface area contributed by atoms with Gasteiger partial charge in [-0.2, -0.15) is 4.79 Å². The van der Waals surface area contributed by atoms with Crippen LogP contribution >= 0.6 is 0 Å². The highest BCUT2D eigenvalue weighted by Gasteiger charge is 2.51. The molecule has 0 atom stereocenters. The molecule has 2 rings (SSSR count). The van der Waals surface area contributed by atoms with E-state index < -0.39 is 23.1 Å². The van der Waals surface area contributed by atoms with Gasteiger partial charge in [0, 0.05) is 18.9 Å². The van der Waals surface area contributed by atoms with Crippen LogP contribution in [0.25, 0.3) is 5.53 Å². The summed E-state index contributed by atoms with van der Waals surface area (Å²) < 4.78 is 6.09. The van der Waals surface area contributed by atoms with Crippen LogP contribution < -0.4 is 0 Å². The van der Waals surface area contributed by atoms with E-state index in [9.17, 15) is 9.59 Å². The number of hydrogen-bond donors (Lipinski definition) is 0. The van der Waals surface area contributed by atoms with Crippen molar-refractivity contribution in [2.75, 3.05) is 13.2 Å². The molecule has 0 aromatic carbocycles. The molecule has 6 nitrogen and oxygen atoms in total. The number of hydrogen-bond acceptors (Lipinski definition) is 3. The highest BCUT2D eigenvalue weighted by Crippen LogP contribution is 2.41. The molecule has 116 valence electrons. The Kier molecular flexibility index (Phi) is 4.30. The van der Waals surface area contributed by atoms with Gasteiger partial charge in [-0.1, -0.05) is 20.3 Å². The zero-order valence-corrected chi connectivity index (χ0v) is 13.0. The van der Waals surface area contributed by atoms with Crippen LogP contribution in [0.15, 0.2) is 0 Å². The van der Waals surface area contributed by atoms with Gasteiger partial charge in [-0.25, -0.2) is 0 Å². The Morgan fingerprint density at radius 1 is 1.19 bits per heavy atom. The Labute approximate surface area is 125 Å². The minimum Gasteiger partial charge on any atom is -0.360 e. The predicted molar refractivity (Wildman–Crippen MR) is 76.6 cm³/mol. The summed E-state index contributed by atoms with van der Waals surface area (Å²) in [5.74, 6) is -1.06. The SMILES string of the molecule is CC(=O)C(=[N+]=[N-])C(=O)N1CC(C)(C)COC12CCCCC2. The maximum atomic E-state index is 12.7. The second-order valence-corrected chi connectivity index (χ2v) is 6.86. The van der Waals surface area contributed by atoms with E-state index in [1.165, 1.54) is 6.92 Å². The smallest absolute Gasteiger partial charge is 0.360 e. The van der Waals surface area contributed by atoms with E-state index in [0.717, 1.165) is 32.1 Å². The lowest BCUT2D eigenvalue weighted by Gasteiger charge is -2.52. The number of carbonyl (C=O) groups excluding carboxylic acids is 2. The Balaban J connectivity index is 2.35. The second kappa shape index (κ2) is 5.70. The van der Waals surface area contributed by atoms with Crippen molar-refractivity contribution in [3.63, 3.8) is 0 Å². The summed E-state index contributed by atoms with van der Waals surface area (Å²) in [7, 11) is 0. The molecule has 2 fully saturated rings. The third-order valence-electron chi connectivity index (χ3n) is 4.33. The number of amides is 1. The molecular formula is C15H23N3O3. The fourth-order valence-corrected chi connectivity index (χ4v) is 3.19. The predicted octanol–water partition coefficient (Wildman–Crippen LogP) is 1.79. The highest BCUT2D eigenvalue weighted by molar-refractivity contribution is 6.63. The topological polar surface area (TPSA) is 83.0 Å². The van der Waals surface area contributed by atoms with Crippen LogP contribution in [0.1, 0.15) is 52.9 Å². The van der Waals surface area contributed by atoms with Gasteiger partial charge in [0.1, 0.15) is 5.72 Å². The first-order valence-corrected chi connectivity index (χ1v) is 7.50. The van der Waals surface area contributed by atoms with Crippen LogP contribution in [-0.2, 0) is 14.3 Å². The van der Waals surface area contributed by atoms with Crippen molar-refractivity contribution in [1.82, 2.24) is 4.90 Å². The van der Waals surface area contributed by atoms with Crippen LogP contribution in [-0.4, -0.2) is 46.0 Å². The first kappa shape index (κ1) is 15.9. The molecule has 1 saturated heterocycles. The van der Waals surface area contributed by atoms with Crippen LogP contribution in [0.3, 0.4) is 0 Å². The van der Waals surface area contributed by atoms with Crippen molar-refractivity contribution in [2.24, 2.45) is 5.41 Å². The molecule has 1 amide bonds. The summed E-state index contributed by atoms with van der Waals surface area (Å²) in [6.07, 6.45) is 4.66. The Hall–Kier alpha value is -1.52. The summed E-state index contributed by atoms with van der Waals surface area (Å²) >= 11 is 0. The third-order valence-corrected chi connectivity index (χ3v) is 4.33. The molecule has 0 unspecified atom stereocenters. The maximum absolute atomic E-state index is 12.7. The molecular weight excluding hydrogens is 270 g/mol. The summed E-state index contributed by atoms with van der Waals surface area (Å²) in [6, 6.07) is 0. The van der Waals surface area contributed by atoms with E-state index in [2.05, 4.69) is 4.79 Å². The number of nitrogens with zero attached hydrogens (tertiary/aromatic N) is 3. The van der Waals surface area contributed by atoms with Crippen LogP contribution in [0.5, 0.6) is 0 Å². The van der Waals surface area contributed by atoms with Crippen molar-refractivity contribution < 1.29 is 19.1 Å². The normalized spacial score (nSPS) is 23.5. The monoisotopic (exact) mass is 293 g/mol. The molecule has 1 spiro atoms. The summed E-state index contributed by atoms with van der Waals surface area (Å²) in [4.78, 5) is 28.7. The maximum Gasteiger partial charge on any atom is 0.421 e. The molecule has 1 heterocycles. The van der Waals surface area contributed by atoms with E-state index in [1.807, 2.05) is 13.8 Å². The Bertz CT molecular complexity index is 500. The quantitative estimate of drug-likeness (QED) is 0.337. The van der Waals surface area contributed by atoms with Gasteiger partial charge in [0.05, 0.1) is 6.61 Å². The third kappa shape index (κ3) is 3.06. The average molecular weight is 293 g/mol. The molecule has 21 heavy (non-hydrogen) atoms. The van der Waals surface area contributed by atoms with E-state index in [-0.39, 0.29) is 5.41 Å². The van der Waals surface area contributed by atoms with Crippen molar-refractivity contribution in [3.05, 3.63) is 5.53 Å². The largest absolute Gasteiger partial charge is 0.421 e. The fraction of sp³-hybridized carbons (Fsp3) is 0.800. The summed E-state index contributed by atoms with van der Waals surface area (Å²) in [5, 5.41) is 0. The Morgan fingerprint density at radius 3 is 2.33 bits per heavy atom. The van der Waals surface area contributed by atoms with E-state index >= 15 is 0 Å². The summed E-state index contributed by atoms with van der Waals surface area (Å²) in [5.41, 5.74) is 7.75. The number of carbonyl (C=O) groups is 2. The van der Waals surface area contributed by atoms with Crippen LogP contribution in [0.2, 0.25) is 0 Å². The van der Waals surface area contributed by atoms with Crippen molar-refractivity contribution in [1.29, 1.82) is 0 Å². The fourth-order valence-electron chi connectivity index (χ4n) is 3.19. The highest BCUT2D eigenvalue weighted by atomic mass is 16.5. The molecule has 1 aliphatic carbocycles. The van der Waals surface area contributed by atoms with Gasteiger partial charge in [0.25, 0.3) is 0 Å². The minimum atomic E-state index is -0.643. The van der Waals surface area contributed by atoms with Gasteiger partial charge in [-0.3, -0.25) is 9.59 Å². The van der Waals surface area contributed by atoms with Crippen LogP contribution in [0, 0.1) is 5.41 Å². The molecule has 2 aliphatic rings. The zero-order valence-electron chi connectivity index (χ0n) is 13.0. The lowest BCUT2D eigenvalue weighted by atomic mass is 9.83. The van der Waals surface area contributed by atoms with Crippen LogP contribution in [0.4, 0.5) is 0 Å².